The van der Waals surface area contributed by atoms with E-state index in [1.54, 1.807) is 29.2 Å². The SMILES string of the molecule is Cc1ccc([C@@H]2CCCN2C(=O)c2cccc(OCC(=O)O)c2)o1. The number of amides is 1. The first-order valence-electron chi connectivity index (χ1n) is 7.86. The number of ether oxygens (including phenoxy) is 1. The number of aryl methyl sites for hydroxylation is 1. The number of hydrogen-bond donors (Lipinski definition) is 1. The van der Waals surface area contributed by atoms with Gasteiger partial charge in [0.15, 0.2) is 6.61 Å². The maximum atomic E-state index is 12.8. The van der Waals surface area contributed by atoms with Gasteiger partial charge in [-0.15, -0.1) is 0 Å². The van der Waals surface area contributed by atoms with Gasteiger partial charge in [0.2, 0.25) is 0 Å². The number of benzene rings is 1. The maximum absolute atomic E-state index is 12.8. The topological polar surface area (TPSA) is 80.0 Å². The zero-order valence-electron chi connectivity index (χ0n) is 13.4. The van der Waals surface area contributed by atoms with Gasteiger partial charge in [-0.25, -0.2) is 4.79 Å². The quantitative estimate of drug-likeness (QED) is 0.912. The van der Waals surface area contributed by atoms with E-state index in [-0.39, 0.29) is 11.9 Å². The van der Waals surface area contributed by atoms with Crippen molar-refractivity contribution in [2.24, 2.45) is 0 Å². The molecule has 0 radical (unpaired) electrons. The van der Waals surface area contributed by atoms with Crippen LogP contribution in [-0.2, 0) is 4.79 Å². The molecule has 1 aliphatic heterocycles. The van der Waals surface area contributed by atoms with E-state index in [0.717, 1.165) is 24.4 Å². The van der Waals surface area contributed by atoms with Gasteiger partial charge in [0.05, 0.1) is 6.04 Å². The van der Waals surface area contributed by atoms with Gasteiger partial charge in [-0.05, 0) is 50.1 Å². The fourth-order valence-electron chi connectivity index (χ4n) is 2.97. The Bertz CT molecular complexity index is 751. The van der Waals surface area contributed by atoms with Crippen LogP contribution in [0.1, 0.15) is 40.8 Å². The van der Waals surface area contributed by atoms with E-state index in [2.05, 4.69) is 0 Å². The Labute approximate surface area is 139 Å². The molecule has 2 aromatic rings. The summed E-state index contributed by atoms with van der Waals surface area (Å²) in [5.41, 5.74) is 0.480. The maximum Gasteiger partial charge on any atom is 0.341 e. The Morgan fingerprint density at radius 2 is 2.17 bits per heavy atom. The van der Waals surface area contributed by atoms with Gasteiger partial charge in [-0.1, -0.05) is 6.07 Å². The predicted octanol–water partition coefficient (Wildman–Crippen LogP) is 3.03. The molecule has 1 atom stereocenters. The van der Waals surface area contributed by atoms with E-state index in [0.29, 0.717) is 17.9 Å². The minimum Gasteiger partial charge on any atom is -0.482 e. The molecule has 1 fully saturated rings. The Morgan fingerprint density at radius 3 is 2.88 bits per heavy atom. The molecule has 1 aromatic heterocycles. The summed E-state index contributed by atoms with van der Waals surface area (Å²) in [6.07, 6.45) is 1.79. The van der Waals surface area contributed by atoms with Crippen molar-refractivity contribution in [3.05, 3.63) is 53.5 Å². The fraction of sp³-hybridized carbons (Fsp3) is 0.333. The van der Waals surface area contributed by atoms with Gasteiger partial charge in [0, 0.05) is 12.1 Å². The number of nitrogens with zero attached hydrogens (tertiary/aromatic N) is 1. The largest absolute Gasteiger partial charge is 0.482 e. The van der Waals surface area contributed by atoms with Crippen molar-refractivity contribution in [3.8, 4) is 5.75 Å². The van der Waals surface area contributed by atoms with Crippen molar-refractivity contribution in [1.82, 2.24) is 4.90 Å². The zero-order chi connectivity index (χ0) is 17.1. The Morgan fingerprint density at radius 1 is 1.33 bits per heavy atom. The van der Waals surface area contributed by atoms with Crippen molar-refractivity contribution in [2.75, 3.05) is 13.2 Å². The molecule has 1 amide bonds. The minimum atomic E-state index is -1.06. The Hall–Kier alpha value is -2.76. The molecule has 0 spiro atoms. The van der Waals surface area contributed by atoms with Crippen molar-refractivity contribution in [3.63, 3.8) is 0 Å². The smallest absolute Gasteiger partial charge is 0.341 e. The van der Waals surface area contributed by atoms with E-state index in [4.69, 9.17) is 14.3 Å². The lowest BCUT2D eigenvalue weighted by molar-refractivity contribution is -0.139. The van der Waals surface area contributed by atoms with Gasteiger partial charge in [0.1, 0.15) is 17.3 Å². The van der Waals surface area contributed by atoms with Gasteiger partial charge >= 0.3 is 5.97 Å². The summed E-state index contributed by atoms with van der Waals surface area (Å²) < 4.78 is 10.8. The molecule has 1 aromatic carbocycles. The highest BCUT2D eigenvalue weighted by Gasteiger charge is 2.32. The van der Waals surface area contributed by atoms with Gasteiger partial charge in [-0.2, -0.15) is 0 Å². The van der Waals surface area contributed by atoms with E-state index >= 15 is 0 Å². The van der Waals surface area contributed by atoms with Crippen LogP contribution in [0.3, 0.4) is 0 Å². The van der Waals surface area contributed by atoms with Crippen molar-refractivity contribution in [1.29, 1.82) is 0 Å². The van der Waals surface area contributed by atoms with Crippen LogP contribution in [0.5, 0.6) is 5.75 Å². The molecule has 6 heteroatoms. The summed E-state index contributed by atoms with van der Waals surface area (Å²) in [6.45, 7) is 2.12. The monoisotopic (exact) mass is 329 g/mol. The van der Waals surface area contributed by atoms with Crippen LogP contribution < -0.4 is 4.74 Å². The molecule has 126 valence electrons. The molecular formula is C18H19NO5. The summed E-state index contributed by atoms with van der Waals surface area (Å²) >= 11 is 0. The summed E-state index contributed by atoms with van der Waals surface area (Å²) in [7, 11) is 0. The van der Waals surface area contributed by atoms with Crippen LogP contribution in [0.25, 0.3) is 0 Å². The summed E-state index contributed by atoms with van der Waals surface area (Å²) in [5, 5.41) is 8.68. The van der Waals surface area contributed by atoms with Crippen molar-refractivity contribution in [2.45, 2.75) is 25.8 Å². The average molecular weight is 329 g/mol. The number of carboxylic acids is 1. The predicted molar refractivity (Wildman–Crippen MR) is 86.0 cm³/mol. The second kappa shape index (κ2) is 6.78. The highest BCUT2D eigenvalue weighted by Crippen LogP contribution is 2.34. The van der Waals surface area contributed by atoms with E-state index in [1.165, 1.54) is 0 Å². The van der Waals surface area contributed by atoms with Crippen LogP contribution in [0.15, 0.2) is 40.8 Å². The number of aliphatic carboxylic acids is 1. The lowest BCUT2D eigenvalue weighted by Gasteiger charge is -2.23. The van der Waals surface area contributed by atoms with Crippen molar-refractivity contribution < 1.29 is 23.8 Å². The lowest BCUT2D eigenvalue weighted by Crippen LogP contribution is -2.30. The highest BCUT2D eigenvalue weighted by molar-refractivity contribution is 5.95. The second-order valence-corrected chi connectivity index (χ2v) is 5.82. The molecule has 0 aliphatic carbocycles. The summed E-state index contributed by atoms with van der Waals surface area (Å²) in [6, 6.07) is 10.4. The van der Waals surface area contributed by atoms with Crippen molar-refractivity contribution >= 4 is 11.9 Å². The normalized spacial score (nSPS) is 17.0. The Balaban J connectivity index is 1.78. The summed E-state index contributed by atoms with van der Waals surface area (Å²) in [4.78, 5) is 25.2. The number of furan rings is 1. The van der Waals surface area contributed by atoms with Gasteiger partial charge in [-0.3, -0.25) is 4.79 Å². The third kappa shape index (κ3) is 3.42. The van der Waals surface area contributed by atoms with Crippen LogP contribution >= 0.6 is 0 Å². The van der Waals surface area contributed by atoms with Crippen LogP contribution in [0.2, 0.25) is 0 Å². The third-order valence-electron chi connectivity index (χ3n) is 4.05. The molecule has 0 bridgehead atoms. The average Bonchev–Trinajstić information content (AvgIpc) is 3.21. The third-order valence-corrected chi connectivity index (χ3v) is 4.05. The van der Waals surface area contributed by atoms with E-state index in [1.807, 2.05) is 19.1 Å². The molecule has 24 heavy (non-hydrogen) atoms. The highest BCUT2D eigenvalue weighted by atomic mass is 16.5. The number of likely N-dealkylation sites (tertiary alicyclic amines) is 1. The van der Waals surface area contributed by atoms with Gasteiger partial charge < -0.3 is 19.2 Å². The molecule has 0 unspecified atom stereocenters. The molecule has 0 saturated carbocycles. The molecule has 1 aliphatic rings. The number of carboxylic acid groups (broad SMARTS) is 1. The number of carbonyl (C=O) groups is 2. The molecule has 6 nitrogen and oxygen atoms in total. The van der Waals surface area contributed by atoms with Gasteiger partial charge in [0.25, 0.3) is 5.91 Å². The van der Waals surface area contributed by atoms with Crippen LogP contribution in [0, 0.1) is 6.92 Å². The molecule has 2 heterocycles. The molecule has 3 rings (SSSR count). The second-order valence-electron chi connectivity index (χ2n) is 5.82. The number of carbonyl (C=O) groups excluding carboxylic acids is 1. The fourth-order valence-corrected chi connectivity index (χ4v) is 2.97. The molecule has 1 N–H and O–H groups in total. The first kappa shape index (κ1) is 16.1. The minimum absolute atomic E-state index is 0.0604. The lowest BCUT2D eigenvalue weighted by atomic mass is 10.1. The summed E-state index contributed by atoms with van der Waals surface area (Å²) in [5.74, 6) is 0.838. The van der Waals surface area contributed by atoms with E-state index in [9.17, 15) is 9.59 Å². The van der Waals surface area contributed by atoms with E-state index < -0.39 is 12.6 Å². The standard InChI is InChI=1S/C18H19NO5/c1-12-7-8-16(24-12)15-6-3-9-19(15)18(22)13-4-2-5-14(10-13)23-11-17(20)21/h2,4-5,7-8,10,15H,3,6,9,11H2,1H3,(H,20,21)/t15-/m0/s1. The molecule has 1 saturated heterocycles. The van der Waals surface area contributed by atoms with Crippen LogP contribution in [0.4, 0.5) is 0 Å². The first-order chi connectivity index (χ1) is 11.5. The first-order valence-corrected chi connectivity index (χ1v) is 7.86. The zero-order valence-corrected chi connectivity index (χ0v) is 13.4. The van der Waals surface area contributed by atoms with Crippen LogP contribution in [-0.4, -0.2) is 35.0 Å². The molecular weight excluding hydrogens is 310 g/mol. The number of rotatable bonds is 5. The Kier molecular flexibility index (Phi) is 4.55. The number of hydrogen-bond acceptors (Lipinski definition) is 4.